The summed E-state index contributed by atoms with van der Waals surface area (Å²) in [7, 11) is 1.76. The molecule has 0 heterocycles. The van der Waals surface area contributed by atoms with Crippen LogP contribution in [0.15, 0.2) is 48.5 Å². The fourth-order valence-electron chi connectivity index (χ4n) is 5.19. The summed E-state index contributed by atoms with van der Waals surface area (Å²) < 4.78 is 34.2. The third kappa shape index (κ3) is 5.60. The maximum Gasteiger partial charge on any atom is 0.141 e. The Balaban J connectivity index is 1.41. The molecule has 0 N–H and O–H groups in total. The standard InChI is InChI=1S/C29H31F2NO/c1-33-16-2-3-20-4-8-22(9-5-20)24-14-15-27-25(18-24)13-12-23(29(27)31)10-6-21-7-11-26(19-32)28(30)17-21/h7,11-15,17-18,20,22H,2-6,8-10,16H2,1H3. The van der Waals surface area contributed by atoms with Gasteiger partial charge in [0.25, 0.3) is 0 Å². The van der Waals surface area contributed by atoms with Crippen LogP contribution in [0.1, 0.15) is 66.7 Å². The zero-order valence-corrected chi connectivity index (χ0v) is 19.2. The van der Waals surface area contributed by atoms with Gasteiger partial charge in [-0.3, -0.25) is 0 Å². The molecule has 1 fully saturated rings. The molecule has 3 aromatic rings. The van der Waals surface area contributed by atoms with E-state index in [0.717, 1.165) is 29.9 Å². The number of ether oxygens (including phenoxy) is 1. The third-order valence-corrected chi connectivity index (χ3v) is 7.17. The van der Waals surface area contributed by atoms with E-state index in [4.69, 9.17) is 10.00 Å². The Bertz CT molecular complexity index is 1140. The van der Waals surface area contributed by atoms with Gasteiger partial charge in [-0.25, -0.2) is 8.78 Å². The smallest absolute Gasteiger partial charge is 0.141 e. The van der Waals surface area contributed by atoms with Gasteiger partial charge in [-0.1, -0.05) is 36.4 Å². The van der Waals surface area contributed by atoms with Crippen molar-refractivity contribution in [2.75, 3.05) is 13.7 Å². The van der Waals surface area contributed by atoms with Crippen LogP contribution in [0.4, 0.5) is 8.78 Å². The van der Waals surface area contributed by atoms with E-state index in [9.17, 15) is 4.39 Å². The fraction of sp³-hybridized carbons (Fsp3) is 0.414. The van der Waals surface area contributed by atoms with Gasteiger partial charge >= 0.3 is 0 Å². The third-order valence-electron chi connectivity index (χ3n) is 7.17. The number of nitriles is 1. The first kappa shape index (κ1) is 23.4. The zero-order valence-electron chi connectivity index (χ0n) is 19.2. The first-order chi connectivity index (χ1) is 16.1. The Morgan fingerprint density at radius 1 is 0.970 bits per heavy atom. The molecule has 0 bridgehead atoms. The fourth-order valence-corrected chi connectivity index (χ4v) is 5.19. The van der Waals surface area contributed by atoms with Crippen LogP contribution in [0.2, 0.25) is 0 Å². The molecular weight excluding hydrogens is 416 g/mol. The van der Waals surface area contributed by atoms with Crippen molar-refractivity contribution in [1.29, 1.82) is 5.26 Å². The second-order valence-electron chi connectivity index (χ2n) is 9.30. The molecule has 4 heteroatoms. The molecule has 1 aliphatic carbocycles. The van der Waals surface area contributed by atoms with E-state index in [-0.39, 0.29) is 11.4 Å². The first-order valence-electron chi connectivity index (χ1n) is 12.0. The van der Waals surface area contributed by atoms with Gasteiger partial charge in [0.2, 0.25) is 0 Å². The Morgan fingerprint density at radius 3 is 2.52 bits per heavy atom. The predicted octanol–water partition coefficient (Wildman–Crippen LogP) is 7.48. The highest BCUT2D eigenvalue weighted by molar-refractivity contribution is 5.84. The predicted molar refractivity (Wildman–Crippen MR) is 128 cm³/mol. The quantitative estimate of drug-likeness (QED) is 0.335. The van der Waals surface area contributed by atoms with Crippen LogP contribution in [0.25, 0.3) is 10.8 Å². The number of halogens is 2. The lowest BCUT2D eigenvalue weighted by Gasteiger charge is -2.29. The van der Waals surface area contributed by atoms with Crippen molar-refractivity contribution < 1.29 is 13.5 Å². The maximum atomic E-state index is 15.2. The lowest BCUT2D eigenvalue weighted by atomic mass is 9.77. The van der Waals surface area contributed by atoms with Crippen molar-refractivity contribution in [3.63, 3.8) is 0 Å². The van der Waals surface area contributed by atoms with Crippen LogP contribution in [0.5, 0.6) is 0 Å². The topological polar surface area (TPSA) is 33.0 Å². The van der Waals surface area contributed by atoms with Gasteiger partial charge in [-0.15, -0.1) is 0 Å². The Labute approximate surface area is 195 Å². The van der Waals surface area contributed by atoms with Crippen molar-refractivity contribution >= 4 is 10.8 Å². The Morgan fingerprint density at radius 2 is 1.79 bits per heavy atom. The molecule has 0 unspecified atom stereocenters. The summed E-state index contributed by atoms with van der Waals surface area (Å²) in [4.78, 5) is 0. The van der Waals surface area contributed by atoms with E-state index in [1.807, 2.05) is 24.3 Å². The van der Waals surface area contributed by atoms with Crippen molar-refractivity contribution in [1.82, 2.24) is 0 Å². The number of fused-ring (bicyclic) bond motifs is 1. The molecule has 0 radical (unpaired) electrons. The molecule has 172 valence electrons. The summed E-state index contributed by atoms with van der Waals surface area (Å²) in [6, 6.07) is 16.5. The SMILES string of the molecule is COCCCC1CCC(c2ccc3c(F)c(CCc4ccc(C#N)c(F)c4)ccc3c2)CC1. The van der Waals surface area contributed by atoms with E-state index in [0.29, 0.717) is 29.7 Å². The number of hydrogen-bond acceptors (Lipinski definition) is 2. The van der Waals surface area contributed by atoms with Crippen LogP contribution >= 0.6 is 0 Å². The average molecular weight is 448 g/mol. The molecule has 0 spiro atoms. The molecule has 1 saturated carbocycles. The second kappa shape index (κ2) is 10.9. The van der Waals surface area contributed by atoms with Crippen molar-refractivity contribution in [2.24, 2.45) is 5.92 Å². The summed E-state index contributed by atoms with van der Waals surface area (Å²) in [5, 5.41) is 10.5. The lowest BCUT2D eigenvalue weighted by Crippen LogP contribution is -2.14. The normalized spacial score (nSPS) is 18.4. The van der Waals surface area contributed by atoms with Crippen molar-refractivity contribution in [2.45, 2.75) is 57.3 Å². The summed E-state index contributed by atoms with van der Waals surface area (Å²) >= 11 is 0. The monoisotopic (exact) mass is 447 g/mol. The van der Waals surface area contributed by atoms with E-state index < -0.39 is 5.82 Å². The number of hydrogen-bond donors (Lipinski definition) is 0. The summed E-state index contributed by atoms with van der Waals surface area (Å²) in [6.45, 7) is 0.850. The molecule has 0 atom stereocenters. The number of rotatable bonds is 8. The van der Waals surface area contributed by atoms with Crippen LogP contribution in [-0.2, 0) is 17.6 Å². The van der Waals surface area contributed by atoms with E-state index in [1.165, 1.54) is 49.8 Å². The van der Waals surface area contributed by atoms with Gasteiger partial charge in [-0.2, -0.15) is 5.26 Å². The highest BCUT2D eigenvalue weighted by atomic mass is 19.1. The zero-order chi connectivity index (χ0) is 23.2. The van der Waals surface area contributed by atoms with Gasteiger partial charge in [-0.05, 0) is 97.4 Å². The summed E-state index contributed by atoms with van der Waals surface area (Å²) in [6.07, 6.45) is 8.32. The molecule has 3 aromatic carbocycles. The van der Waals surface area contributed by atoms with E-state index >= 15 is 4.39 Å². The second-order valence-corrected chi connectivity index (χ2v) is 9.30. The van der Waals surface area contributed by atoms with Gasteiger partial charge < -0.3 is 4.74 Å². The van der Waals surface area contributed by atoms with Crippen LogP contribution in [-0.4, -0.2) is 13.7 Å². The minimum atomic E-state index is -0.523. The molecule has 1 aliphatic rings. The maximum absolute atomic E-state index is 15.2. The Kier molecular flexibility index (Phi) is 7.73. The number of methoxy groups -OCH3 is 1. The highest BCUT2D eigenvalue weighted by Crippen LogP contribution is 2.38. The molecule has 2 nitrogen and oxygen atoms in total. The van der Waals surface area contributed by atoms with Gasteiger partial charge in [0.1, 0.15) is 17.7 Å². The Hall–Kier alpha value is -2.77. The molecule has 0 saturated heterocycles. The van der Waals surface area contributed by atoms with Crippen LogP contribution in [0, 0.1) is 28.9 Å². The molecule has 0 aliphatic heterocycles. The number of nitrogens with zero attached hydrogens (tertiary/aromatic N) is 1. The molecule has 0 aromatic heterocycles. The van der Waals surface area contributed by atoms with Crippen LogP contribution < -0.4 is 0 Å². The lowest BCUT2D eigenvalue weighted by molar-refractivity contribution is 0.180. The van der Waals surface area contributed by atoms with Gasteiger partial charge in [0.05, 0.1) is 5.56 Å². The summed E-state index contributed by atoms with van der Waals surface area (Å²) in [5.41, 5.74) is 2.75. The van der Waals surface area contributed by atoms with Gasteiger partial charge in [0, 0.05) is 19.1 Å². The summed E-state index contributed by atoms with van der Waals surface area (Å²) in [5.74, 6) is 0.657. The molecule has 0 amide bonds. The number of aryl methyl sites for hydroxylation is 2. The largest absolute Gasteiger partial charge is 0.385 e. The number of benzene rings is 3. The first-order valence-corrected chi connectivity index (χ1v) is 12.0. The molecule has 4 rings (SSSR count). The molecule has 33 heavy (non-hydrogen) atoms. The van der Waals surface area contributed by atoms with Crippen molar-refractivity contribution in [3.8, 4) is 6.07 Å². The highest BCUT2D eigenvalue weighted by Gasteiger charge is 2.22. The van der Waals surface area contributed by atoms with Crippen LogP contribution in [0.3, 0.4) is 0 Å². The van der Waals surface area contributed by atoms with Gasteiger partial charge in [0.15, 0.2) is 0 Å². The minimum Gasteiger partial charge on any atom is -0.385 e. The minimum absolute atomic E-state index is 0.0334. The van der Waals surface area contributed by atoms with E-state index in [1.54, 1.807) is 13.2 Å². The molecular formula is C29H31F2NO. The van der Waals surface area contributed by atoms with Crippen molar-refractivity contribution in [3.05, 3.63) is 82.4 Å². The van der Waals surface area contributed by atoms with E-state index in [2.05, 4.69) is 12.1 Å². The average Bonchev–Trinajstić information content (AvgIpc) is 2.84.